The minimum atomic E-state index is 0.0407. The van der Waals surface area contributed by atoms with E-state index in [0.29, 0.717) is 12.5 Å². The number of nitrogens with zero attached hydrogens (tertiary/aromatic N) is 2. The van der Waals surface area contributed by atoms with Crippen LogP contribution < -0.4 is 5.73 Å². The molecule has 0 aromatic heterocycles. The Hall–Kier alpha value is -0.610. The molecule has 0 aromatic rings. The van der Waals surface area contributed by atoms with Gasteiger partial charge >= 0.3 is 0 Å². The molecule has 0 unspecified atom stereocenters. The van der Waals surface area contributed by atoms with E-state index in [1.807, 2.05) is 0 Å². The molecule has 3 fully saturated rings. The first kappa shape index (κ1) is 12.4. The highest BCUT2D eigenvalue weighted by molar-refractivity contribution is 5.78. The van der Waals surface area contributed by atoms with E-state index in [2.05, 4.69) is 9.80 Å². The number of hydrogen-bond acceptors (Lipinski definition) is 3. The third-order valence-electron chi connectivity index (χ3n) is 4.74. The first-order valence-electron chi connectivity index (χ1n) is 7.46. The number of hydrogen-bond donors (Lipinski definition) is 1. The fourth-order valence-corrected chi connectivity index (χ4v) is 3.43. The molecule has 18 heavy (non-hydrogen) atoms. The van der Waals surface area contributed by atoms with Crippen LogP contribution in [0.3, 0.4) is 0 Å². The van der Waals surface area contributed by atoms with Crippen molar-refractivity contribution in [2.75, 3.05) is 32.7 Å². The van der Waals surface area contributed by atoms with E-state index in [1.165, 1.54) is 38.5 Å². The fourth-order valence-electron chi connectivity index (χ4n) is 3.43. The van der Waals surface area contributed by atoms with E-state index in [1.54, 1.807) is 0 Å². The zero-order valence-electron chi connectivity index (χ0n) is 11.2. The maximum atomic E-state index is 12.2. The van der Waals surface area contributed by atoms with Crippen LogP contribution in [-0.2, 0) is 4.79 Å². The van der Waals surface area contributed by atoms with Crippen LogP contribution in [0.15, 0.2) is 0 Å². The van der Waals surface area contributed by atoms with Crippen LogP contribution in [-0.4, -0.2) is 54.0 Å². The third kappa shape index (κ3) is 2.54. The SMILES string of the molecule is NC1(C2CC2)CN(CC(=O)N2CCCCCC2)C1. The first-order valence-corrected chi connectivity index (χ1v) is 7.46. The molecule has 2 aliphatic heterocycles. The van der Waals surface area contributed by atoms with Gasteiger partial charge in [-0.15, -0.1) is 0 Å². The van der Waals surface area contributed by atoms with Gasteiger partial charge in [0.15, 0.2) is 0 Å². The molecule has 1 amide bonds. The van der Waals surface area contributed by atoms with Crippen LogP contribution in [0.2, 0.25) is 0 Å². The van der Waals surface area contributed by atoms with Crippen molar-refractivity contribution in [3.05, 3.63) is 0 Å². The van der Waals surface area contributed by atoms with Gasteiger partial charge < -0.3 is 10.6 Å². The Balaban J connectivity index is 1.44. The van der Waals surface area contributed by atoms with Crippen molar-refractivity contribution in [1.29, 1.82) is 0 Å². The monoisotopic (exact) mass is 251 g/mol. The van der Waals surface area contributed by atoms with Crippen molar-refractivity contribution >= 4 is 5.91 Å². The van der Waals surface area contributed by atoms with Gasteiger partial charge in [-0.25, -0.2) is 0 Å². The molecular weight excluding hydrogens is 226 g/mol. The molecule has 1 aliphatic carbocycles. The van der Waals surface area contributed by atoms with Crippen LogP contribution in [0.4, 0.5) is 0 Å². The lowest BCUT2D eigenvalue weighted by Gasteiger charge is -2.48. The standard InChI is InChI=1S/C14H25N3O/c15-14(12-5-6-12)10-16(11-14)9-13(18)17-7-3-1-2-4-8-17/h12H,1-11,15H2. The van der Waals surface area contributed by atoms with Gasteiger partial charge in [0.05, 0.1) is 6.54 Å². The lowest BCUT2D eigenvalue weighted by atomic mass is 9.86. The maximum absolute atomic E-state index is 12.2. The van der Waals surface area contributed by atoms with Crippen LogP contribution >= 0.6 is 0 Å². The van der Waals surface area contributed by atoms with Crippen molar-refractivity contribution in [3.8, 4) is 0 Å². The highest BCUT2D eigenvalue weighted by atomic mass is 16.2. The van der Waals surface area contributed by atoms with Crippen molar-refractivity contribution in [2.24, 2.45) is 11.7 Å². The Morgan fingerprint density at radius 1 is 1.11 bits per heavy atom. The van der Waals surface area contributed by atoms with Crippen molar-refractivity contribution in [1.82, 2.24) is 9.80 Å². The number of carbonyl (C=O) groups is 1. The summed E-state index contributed by atoms with van der Waals surface area (Å²) in [7, 11) is 0. The van der Waals surface area contributed by atoms with Crippen LogP contribution in [0.5, 0.6) is 0 Å². The largest absolute Gasteiger partial charge is 0.342 e. The Morgan fingerprint density at radius 2 is 1.72 bits per heavy atom. The second-order valence-corrected chi connectivity index (χ2v) is 6.45. The van der Waals surface area contributed by atoms with E-state index < -0.39 is 0 Å². The Morgan fingerprint density at radius 3 is 2.28 bits per heavy atom. The molecule has 3 rings (SSSR count). The van der Waals surface area contributed by atoms with Gasteiger partial charge in [0, 0.05) is 31.7 Å². The molecule has 2 heterocycles. The van der Waals surface area contributed by atoms with E-state index in [9.17, 15) is 4.79 Å². The summed E-state index contributed by atoms with van der Waals surface area (Å²) in [6.45, 7) is 4.37. The topological polar surface area (TPSA) is 49.6 Å². The molecule has 4 nitrogen and oxygen atoms in total. The fraction of sp³-hybridized carbons (Fsp3) is 0.929. The molecule has 1 saturated carbocycles. The van der Waals surface area contributed by atoms with Crippen LogP contribution in [0.25, 0.3) is 0 Å². The van der Waals surface area contributed by atoms with Gasteiger partial charge in [-0.05, 0) is 31.6 Å². The van der Waals surface area contributed by atoms with E-state index >= 15 is 0 Å². The molecule has 3 aliphatic rings. The van der Waals surface area contributed by atoms with Gasteiger partial charge in [-0.3, -0.25) is 9.69 Å². The predicted molar refractivity (Wildman–Crippen MR) is 71.1 cm³/mol. The molecule has 2 N–H and O–H groups in total. The molecule has 4 heteroatoms. The van der Waals surface area contributed by atoms with Gasteiger partial charge in [0.1, 0.15) is 0 Å². The predicted octanol–water partition coefficient (Wildman–Crippen LogP) is 0.812. The molecule has 0 bridgehead atoms. The van der Waals surface area contributed by atoms with Crippen molar-refractivity contribution < 1.29 is 4.79 Å². The molecule has 0 atom stereocenters. The van der Waals surface area contributed by atoms with E-state index in [4.69, 9.17) is 5.73 Å². The van der Waals surface area contributed by atoms with Crippen molar-refractivity contribution in [2.45, 2.75) is 44.1 Å². The average molecular weight is 251 g/mol. The average Bonchev–Trinajstić information content (AvgIpc) is 3.14. The first-order chi connectivity index (χ1) is 8.67. The normalized spacial score (nSPS) is 28.6. The summed E-state index contributed by atoms with van der Waals surface area (Å²) in [4.78, 5) is 16.5. The Kier molecular flexibility index (Phi) is 3.32. The summed E-state index contributed by atoms with van der Waals surface area (Å²) < 4.78 is 0. The number of rotatable bonds is 3. The Bertz CT molecular complexity index is 313. The van der Waals surface area contributed by atoms with Gasteiger partial charge in [0.2, 0.25) is 5.91 Å². The summed E-state index contributed by atoms with van der Waals surface area (Å²) in [5.41, 5.74) is 6.35. The number of carbonyl (C=O) groups excluding carboxylic acids is 1. The molecular formula is C14H25N3O. The number of nitrogens with two attached hydrogens (primary N) is 1. The lowest BCUT2D eigenvalue weighted by Crippen LogP contribution is -2.69. The molecule has 0 radical (unpaired) electrons. The zero-order valence-corrected chi connectivity index (χ0v) is 11.2. The van der Waals surface area contributed by atoms with Crippen LogP contribution in [0, 0.1) is 5.92 Å². The molecule has 0 spiro atoms. The smallest absolute Gasteiger partial charge is 0.236 e. The zero-order chi connectivity index (χ0) is 12.6. The molecule has 102 valence electrons. The van der Waals surface area contributed by atoms with Gasteiger partial charge in [-0.1, -0.05) is 12.8 Å². The molecule has 2 saturated heterocycles. The summed E-state index contributed by atoms with van der Waals surface area (Å²) in [5, 5.41) is 0. The Labute approximate surface area is 109 Å². The maximum Gasteiger partial charge on any atom is 0.236 e. The second kappa shape index (κ2) is 4.82. The highest BCUT2D eigenvalue weighted by Crippen LogP contribution is 2.42. The van der Waals surface area contributed by atoms with Gasteiger partial charge in [0.25, 0.3) is 0 Å². The third-order valence-corrected chi connectivity index (χ3v) is 4.74. The molecule has 0 aromatic carbocycles. The summed E-state index contributed by atoms with van der Waals surface area (Å²) >= 11 is 0. The number of amides is 1. The van der Waals surface area contributed by atoms with E-state index in [-0.39, 0.29) is 5.54 Å². The highest BCUT2D eigenvalue weighted by Gasteiger charge is 2.50. The quantitative estimate of drug-likeness (QED) is 0.807. The summed E-state index contributed by atoms with van der Waals surface area (Å²) in [5.74, 6) is 1.05. The second-order valence-electron chi connectivity index (χ2n) is 6.45. The van der Waals surface area contributed by atoms with Crippen LogP contribution in [0.1, 0.15) is 38.5 Å². The summed E-state index contributed by atoms with van der Waals surface area (Å²) in [6.07, 6.45) is 7.50. The minimum absolute atomic E-state index is 0.0407. The minimum Gasteiger partial charge on any atom is -0.342 e. The lowest BCUT2D eigenvalue weighted by molar-refractivity contribution is -0.134. The van der Waals surface area contributed by atoms with E-state index in [0.717, 1.165) is 32.1 Å². The summed E-state index contributed by atoms with van der Waals surface area (Å²) in [6, 6.07) is 0. The number of likely N-dealkylation sites (tertiary alicyclic amines) is 2. The van der Waals surface area contributed by atoms with Crippen molar-refractivity contribution in [3.63, 3.8) is 0 Å². The van der Waals surface area contributed by atoms with Gasteiger partial charge in [-0.2, -0.15) is 0 Å².